The van der Waals surface area contributed by atoms with Crippen molar-refractivity contribution in [3.8, 4) is 0 Å². The van der Waals surface area contributed by atoms with Gasteiger partial charge in [0.25, 0.3) is 0 Å². The second kappa shape index (κ2) is 2.75. The molecule has 0 saturated carbocycles. The van der Waals surface area contributed by atoms with Gasteiger partial charge in [-0.3, -0.25) is 4.79 Å². The van der Waals surface area contributed by atoms with Crippen molar-refractivity contribution in [2.45, 2.75) is 31.7 Å². The van der Waals surface area contributed by atoms with Gasteiger partial charge in [0.05, 0.1) is 0 Å². The standard InChI is InChI=1S/C12H16N2O/c1-11(2)8-6-4-5-7-9(8)14-12(11,3)10(13)15/h4-7,14H,1-3H3,(H2,13,15). The van der Waals surface area contributed by atoms with Gasteiger partial charge in [-0.05, 0) is 18.6 Å². The van der Waals surface area contributed by atoms with E-state index in [0.29, 0.717) is 0 Å². The number of amides is 1. The molecule has 1 heterocycles. The summed E-state index contributed by atoms with van der Waals surface area (Å²) in [4.78, 5) is 11.6. The number of carbonyl (C=O) groups excluding carboxylic acids is 1. The molecule has 1 aromatic rings. The molecular formula is C12H16N2O. The molecule has 1 aromatic carbocycles. The third kappa shape index (κ3) is 1.09. The first-order chi connectivity index (χ1) is 6.89. The molecule has 1 unspecified atom stereocenters. The molecule has 0 spiro atoms. The van der Waals surface area contributed by atoms with Crippen LogP contribution in [0, 0.1) is 0 Å². The molecule has 15 heavy (non-hydrogen) atoms. The van der Waals surface area contributed by atoms with Gasteiger partial charge in [0, 0.05) is 11.1 Å². The minimum Gasteiger partial charge on any atom is -0.371 e. The van der Waals surface area contributed by atoms with E-state index >= 15 is 0 Å². The molecule has 0 bridgehead atoms. The maximum absolute atomic E-state index is 11.6. The maximum atomic E-state index is 11.6. The summed E-state index contributed by atoms with van der Waals surface area (Å²) in [5, 5.41) is 3.23. The summed E-state index contributed by atoms with van der Waals surface area (Å²) in [6.07, 6.45) is 0. The largest absolute Gasteiger partial charge is 0.371 e. The van der Waals surface area contributed by atoms with Crippen molar-refractivity contribution >= 4 is 11.6 Å². The Bertz CT molecular complexity index is 425. The molecule has 3 nitrogen and oxygen atoms in total. The minimum absolute atomic E-state index is 0.282. The van der Waals surface area contributed by atoms with Gasteiger partial charge in [-0.1, -0.05) is 32.0 Å². The van der Waals surface area contributed by atoms with Crippen LogP contribution in [-0.4, -0.2) is 11.4 Å². The fourth-order valence-corrected chi connectivity index (χ4v) is 2.20. The molecule has 0 radical (unpaired) electrons. The van der Waals surface area contributed by atoms with Crippen molar-refractivity contribution in [2.24, 2.45) is 5.73 Å². The summed E-state index contributed by atoms with van der Waals surface area (Å²) in [6.45, 7) is 5.93. The first kappa shape index (κ1) is 10.0. The lowest BCUT2D eigenvalue weighted by Crippen LogP contribution is -2.56. The van der Waals surface area contributed by atoms with E-state index in [1.807, 2.05) is 45.0 Å². The third-order valence-corrected chi connectivity index (χ3v) is 3.73. The fourth-order valence-electron chi connectivity index (χ4n) is 2.20. The number of nitrogens with one attached hydrogen (secondary N) is 1. The van der Waals surface area contributed by atoms with E-state index < -0.39 is 5.54 Å². The Kier molecular flexibility index (Phi) is 1.84. The Hall–Kier alpha value is -1.51. The number of hydrogen-bond acceptors (Lipinski definition) is 2. The molecule has 1 atom stereocenters. The van der Waals surface area contributed by atoms with Gasteiger partial charge in [-0.15, -0.1) is 0 Å². The van der Waals surface area contributed by atoms with Crippen molar-refractivity contribution in [1.29, 1.82) is 0 Å². The molecule has 0 fully saturated rings. The predicted octanol–water partition coefficient (Wildman–Crippen LogP) is 1.63. The average Bonchev–Trinajstić information content (AvgIpc) is 2.37. The molecule has 80 valence electrons. The smallest absolute Gasteiger partial charge is 0.243 e. The number of anilines is 1. The Labute approximate surface area is 89.7 Å². The Balaban J connectivity index is 2.61. The number of carbonyl (C=O) groups is 1. The summed E-state index contributed by atoms with van der Waals surface area (Å²) >= 11 is 0. The van der Waals surface area contributed by atoms with Crippen LogP contribution in [0.25, 0.3) is 0 Å². The van der Waals surface area contributed by atoms with Crippen LogP contribution in [0.5, 0.6) is 0 Å². The number of benzene rings is 1. The molecule has 2 rings (SSSR count). The quantitative estimate of drug-likeness (QED) is 0.730. The lowest BCUT2D eigenvalue weighted by Gasteiger charge is -2.35. The van der Waals surface area contributed by atoms with E-state index in [1.54, 1.807) is 0 Å². The SMILES string of the molecule is CC1(C(N)=O)Nc2ccccc2C1(C)C. The lowest BCUT2D eigenvalue weighted by atomic mass is 9.71. The molecule has 3 N–H and O–H groups in total. The van der Waals surface area contributed by atoms with Crippen molar-refractivity contribution in [1.82, 2.24) is 0 Å². The van der Waals surface area contributed by atoms with Gasteiger partial charge < -0.3 is 11.1 Å². The van der Waals surface area contributed by atoms with Gasteiger partial charge in [-0.2, -0.15) is 0 Å². The number of para-hydroxylation sites is 1. The highest BCUT2D eigenvalue weighted by Gasteiger charge is 2.52. The predicted molar refractivity (Wildman–Crippen MR) is 60.7 cm³/mol. The molecule has 0 aliphatic carbocycles. The molecule has 1 aliphatic rings. The molecular weight excluding hydrogens is 188 g/mol. The Morgan fingerprint density at radius 2 is 1.87 bits per heavy atom. The zero-order valence-electron chi connectivity index (χ0n) is 9.29. The minimum atomic E-state index is -0.712. The highest BCUT2D eigenvalue weighted by molar-refractivity contribution is 5.93. The summed E-state index contributed by atoms with van der Waals surface area (Å²) in [5.41, 5.74) is 6.64. The van der Waals surface area contributed by atoms with E-state index in [-0.39, 0.29) is 11.3 Å². The van der Waals surface area contributed by atoms with Crippen LogP contribution in [0.2, 0.25) is 0 Å². The maximum Gasteiger partial charge on any atom is 0.243 e. The summed E-state index contributed by atoms with van der Waals surface area (Å²) in [7, 11) is 0. The number of nitrogens with two attached hydrogens (primary N) is 1. The van der Waals surface area contributed by atoms with Crippen LogP contribution in [0.3, 0.4) is 0 Å². The highest BCUT2D eigenvalue weighted by Crippen LogP contribution is 2.46. The summed E-state index contributed by atoms with van der Waals surface area (Å²) in [6, 6.07) is 7.95. The van der Waals surface area contributed by atoms with E-state index in [2.05, 4.69) is 5.32 Å². The number of rotatable bonds is 1. The van der Waals surface area contributed by atoms with Gasteiger partial charge in [-0.25, -0.2) is 0 Å². The zero-order chi connectivity index (χ0) is 11.3. The zero-order valence-corrected chi connectivity index (χ0v) is 9.29. The Morgan fingerprint density at radius 3 is 2.40 bits per heavy atom. The van der Waals surface area contributed by atoms with Crippen LogP contribution >= 0.6 is 0 Å². The van der Waals surface area contributed by atoms with Crippen LogP contribution in [0.1, 0.15) is 26.3 Å². The van der Waals surface area contributed by atoms with Crippen LogP contribution < -0.4 is 11.1 Å². The van der Waals surface area contributed by atoms with E-state index in [4.69, 9.17) is 5.73 Å². The molecule has 1 aliphatic heterocycles. The Morgan fingerprint density at radius 1 is 1.27 bits per heavy atom. The molecule has 0 saturated heterocycles. The monoisotopic (exact) mass is 204 g/mol. The van der Waals surface area contributed by atoms with Crippen LogP contribution in [0.15, 0.2) is 24.3 Å². The fraction of sp³-hybridized carbons (Fsp3) is 0.417. The topological polar surface area (TPSA) is 55.1 Å². The van der Waals surface area contributed by atoms with Crippen molar-refractivity contribution in [2.75, 3.05) is 5.32 Å². The normalized spacial score (nSPS) is 26.9. The van der Waals surface area contributed by atoms with Crippen LogP contribution in [-0.2, 0) is 10.2 Å². The van der Waals surface area contributed by atoms with E-state index in [0.717, 1.165) is 11.3 Å². The van der Waals surface area contributed by atoms with Gasteiger partial charge >= 0.3 is 0 Å². The molecule has 0 aromatic heterocycles. The van der Waals surface area contributed by atoms with Gasteiger partial charge in [0.2, 0.25) is 5.91 Å². The van der Waals surface area contributed by atoms with Crippen molar-refractivity contribution < 1.29 is 4.79 Å². The summed E-state index contributed by atoms with van der Waals surface area (Å²) < 4.78 is 0. The summed E-state index contributed by atoms with van der Waals surface area (Å²) in [5.74, 6) is -0.316. The van der Waals surface area contributed by atoms with E-state index in [9.17, 15) is 4.79 Å². The van der Waals surface area contributed by atoms with E-state index in [1.165, 1.54) is 0 Å². The molecule has 1 amide bonds. The average molecular weight is 204 g/mol. The van der Waals surface area contributed by atoms with Crippen molar-refractivity contribution in [3.05, 3.63) is 29.8 Å². The number of primary amides is 1. The van der Waals surface area contributed by atoms with Gasteiger partial charge in [0.15, 0.2) is 0 Å². The van der Waals surface area contributed by atoms with Crippen molar-refractivity contribution in [3.63, 3.8) is 0 Å². The first-order valence-electron chi connectivity index (χ1n) is 5.07. The first-order valence-corrected chi connectivity index (χ1v) is 5.07. The van der Waals surface area contributed by atoms with Gasteiger partial charge in [0.1, 0.15) is 5.54 Å². The highest BCUT2D eigenvalue weighted by atomic mass is 16.1. The second-order valence-electron chi connectivity index (χ2n) is 4.78. The number of hydrogen-bond donors (Lipinski definition) is 2. The lowest BCUT2D eigenvalue weighted by molar-refractivity contribution is -0.123. The third-order valence-electron chi connectivity index (χ3n) is 3.73. The van der Waals surface area contributed by atoms with Crippen LogP contribution in [0.4, 0.5) is 5.69 Å². The molecule has 3 heteroatoms. The second-order valence-corrected chi connectivity index (χ2v) is 4.78. The number of fused-ring (bicyclic) bond motifs is 1.